The molecule has 0 fully saturated rings. The molecule has 6 nitrogen and oxygen atoms in total. The number of fused-ring (bicyclic) bond motifs is 3. The molecule has 0 unspecified atom stereocenters. The standard InChI is InChI=1S/C21H19ClN4O2/c1-12(27)10-18-21-25-24-13(2)26(21)19-11-16(28-3)8-9-17(19)20(23-18)14-4-6-15(22)7-5-14/h4-9,11,18H,10H2,1-3H3/t18-/m0/s1. The van der Waals surface area contributed by atoms with Crippen molar-refractivity contribution >= 4 is 23.1 Å². The van der Waals surface area contributed by atoms with Gasteiger partial charge in [0.25, 0.3) is 0 Å². The quantitative estimate of drug-likeness (QED) is 0.667. The molecule has 1 aliphatic heterocycles. The largest absolute Gasteiger partial charge is 0.497 e. The van der Waals surface area contributed by atoms with E-state index in [0.717, 1.165) is 34.1 Å². The SMILES string of the molecule is COc1ccc2c(c1)-n1c(C)nnc1[C@H](CC(C)=O)N=C2c1ccc(Cl)cc1. The Morgan fingerprint density at radius 3 is 2.61 bits per heavy atom. The van der Waals surface area contributed by atoms with E-state index in [2.05, 4.69) is 10.2 Å². The second-order valence-electron chi connectivity index (χ2n) is 6.73. The molecule has 1 aromatic heterocycles. The number of ether oxygens (including phenoxy) is 1. The van der Waals surface area contributed by atoms with Crippen molar-refractivity contribution in [2.24, 2.45) is 4.99 Å². The fourth-order valence-corrected chi connectivity index (χ4v) is 3.57. The summed E-state index contributed by atoms with van der Waals surface area (Å²) in [4.78, 5) is 16.9. The average Bonchev–Trinajstić information content (AvgIpc) is 3.00. The van der Waals surface area contributed by atoms with Gasteiger partial charge in [0.15, 0.2) is 5.82 Å². The number of aliphatic imine (C=N–C) groups is 1. The van der Waals surface area contributed by atoms with Crippen LogP contribution in [0.15, 0.2) is 47.5 Å². The molecular weight excluding hydrogens is 376 g/mol. The van der Waals surface area contributed by atoms with Gasteiger partial charge in [-0.3, -0.25) is 14.4 Å². The molecule has 0 aliphatic carbocycles. The van der Waals surface area contributed by atoms with E-state index in [1.807, 2.05) is 54.0 Å². The first-order valence-corrected chi connectivity index (χ1v) is 9.29. The summed E-state index contributed by atoms with van der Waals surface area (Å²) in [6.07, 6.45) is 0.250. The molecule has 0 saturated carbocycles. The van der Waals surface area contributed by atoms with Crippen LogP contribution in [0.4, 0.5) is 0 Å². The van der Waals surface area contributed by atoms with Crippen LogP contribution >= 0.6 is 11.6 Å². The number of Topliss-reactive ketones (excluding diaryl/α,β-unsaturated/α-hetero) is 1. The summed E-state index contributed by atoms with van der Waals surface area (Å²) in [5, 5.41) is 9.23. The number of nitrogens with zero attached hydrogens (tertiary/aromatic N) is 4. The molecule has 0 radical (unpaired) electrons. The number of benzene rings is 2. The summed E-state index contributed by atoms with van der Waals surface area (Å²) >= 11 is 6.07. The zero-order chi connectivity index (χ0) is 19.8. The Balaban J connectivity index is 2.01. The topological polar surface area (TPSA) is 69.4 Å². The van der Waals surface area contributed by atoms with Crippen LogP contribution in [-0.4, -0.2) is 33.4 Å². The number of aryl methyl sites for hydroxylation is 1. The maximum absolute atomic E-state index is 11.9. The van der Waals surface area contributed by atoms with E-state index in [-0.39, 0.29) is 12.2 Å². The van der Waals surface area contributed by atoms with Gasteiger partial charge in [-0.1, -0.05) is 23.7 Å². The molecule has 3 aromatic rings. The molecule has 0 saturated heterocycles. The van der Waals surface area contributed by atoms with Crippen LogP contribution in [0.1, 0.15) is 42.2 Å². The maximum Gasteiger partial charge on any atom is 0.162 e. The van der Waals surface area contributed by atoms with Gasteiger partial charge in [0.05, 0.1) is 18.5 Å². The van der Waals surface area contributed by atoms with Crippen molar-refractivity contribution in [3.8, 4) is 11.4 Å². The van der Waals surface area contributed by atoms with E-state index >= 15 is 0 Å². The van der Waals surface area contributed by atoms with Gasteiger partial charge in [-0.2, -0.15) is 0 Å². The predicted octanol–water partition coefficient (Wildman–Crippen LogP) is 4.11. The fraction of sp³-hybridized carbons (Fsp3) is 0.238. The van der Waals surface area contributed by atoms with Crippen LogP contribution in [0.2, 0.25) is 5.02 Å². The highest BCUT2D eigenvalue weighted by atomic mass is 35.5. The van der Waals surface area contributed by atoms with Crippen LogP contribution in [0, 0.1) is 6.92 Å². The summed E-state index contributed by atoms with van der Waals surface area (Å²) in [5.41, 5.74) is 3.49. The van der Waals surface area contributed by atoms with Gasteiger partial charge >= 0.3 is 0 Å². The van der Waals surface area contributed by atoms with Crippen molar-refractivity contribution in [2.75, 3.05) is 7.11 Å². The van der Waals surface area contributed by atoms with E-state index in [4.69, 9.17) is 21.3 Å². The molecule has 2 heterocycles. The Morgan fingerprint density at radius 1 is 1.18 bits per heavy atom. The summed E-state index contributed by atoms with van der Waals surface area (Å²) in [5.74, 6) is 2.13. The Kier molecular flexibility index (Phi) is 4.73. The van der Waals surface area contributed by atoms with Gasteiger partial charge in [-0.25, -0.2) is 0 Å². The zero-order valence-corrected chi connectivity index (χ0v) is 16.6. The van der Waals surface area contributed by atoms with Crippen LogP contribution in [0.5, 0.6) is 5.75 Å². The smallest absolute Gasteiger partial charge is 0.162 e. The molecule has 1 atom stereocenters. The first-order chi connectivity index (χ1) is 13.5. The number of carbonyl (C=O) groups excluding carboxylic acids is 1. The third-order valence-electron chi connectivity index (χ3n) is 4.73. The highest BCUT2D eigenvalue weighted by Crippen LogP contribution is 2.34. The zero-order valence-electron chi connectivity index (χ0n) is 15.8. The van der Waals surface area contributed by atoms with Gasteiger partial charge < -0.3 is 4.74 Å². The lowest BCUT2D eigenvalue weighted by atomic mass is 10.00. The Labute approximate surface area is 167 Å². The molecular formula is C21H19ClN4O2. The number of carbonyl (C=O) groups is 1. The van der Waals surface area contributed by atoms with Crippen molar-refractivity contribution in [2.45, 2.75) is 26.3 Å². The van der Waals surface area contributed by atoms with Gasteiger partial charge in [-0.05, 0) is 38.1 Å². The normalized spacial score (nSPS) is 15.3. The summed E-state index contributed by atoms with van der Waals surface area (Å²) < 4.78 is 7.39. The minimum atomic E-state index is -0.428. The van der Waals surface area contributed by atoms with Crippen molar-refractivity contribution < 1.29 is 9.53 Å². The van der Waals surface area contributed by atoms with E-state index < -0.39 is 6.04 Å². The Bertz CT molecular complexity index is 1090. The highest BCUT2D eigenvalue weighted by molar-refractivity contribution is 6.30. The number of aromatic nitrogens is 3. The van der Waals surface area contributed by atoms with Crippen molar-refractivity contribution in [1.82, 2.24) is 14.8 Å². The molecule has 4 rings (SSSR count). The number of hydrogen-bond donors (Lipinski definition) is 0. The van der Waals surface area contributed by atoms with Crippen molar-refractivity contribution in [1.29, 1.82) is 0 Å². The molecule has 0 spiro atoms. The average molecular weight is 395 g/mol. The van der Waals surface area contributed by atoms with Gasteiger partial charge in [0.2, 0.25) is 0 Å². The minimum absolute atomic E-state index is 0.0416. The van der Waals surface area contributed by atoms with Gasteiger partial charge in [-0.15, -0.1) is 10.2 Å². The summed E-state index contributed by atoms with van der Waals surface area (Å²) in [7, 11) is 1.63. The number of ketones is 1. The van der Waals surface area contributed by atoms with E-state index in [1.165, 1.54) is 0 Å². The van der Waals surface area contributed by atoms with E-state index in [1.54, 1.807) is 14.0 Å². The first-order valence-electron chi connectivity index (χ1n) is 8.92. The third kappa shape index (κ3) is 3.20. The lowest BCUT2D eigenvalue weighted by molar-refractivity contribution is -0.117. The lowest BCUT2D eigenvalue weighted by Gasteiger charge is -2.14. The molecule has 28 heavy (non-hydrogen) atoms. The fourth-order valence-electron chi connectivity index (χ4n) is 3.45. The molecule has 1 aliphatic rings. The maximum atomic E-state index is 11.9. The summed E-state index contributed by atoms with van der Waals surface area (Å²) in [6, 6.07) is 12.9. The number of hydrogen-bond acceptors (Lipinski definition) is 5. The number of rotatable bonds is 4. The van der Waals surface area contributed by atoms with Crippen LogP contribution in [0.3, 0.4) is 0 Å². The van der Waals surface area contributed by atoms with Gasteiger partial charge in [0.1, 0.15) is 23.4 Å². The predicted molar refractivity (Wildman–Crippen MR) is 108 cm³/mol. The molecule has 0 N–H and O–H groups in total. The number of methoxy groups -OCH3 is 1. The minimum Gasteiger partial charge on any atom is -0.497 e. The second-order valence-corrected chi connectivity index (χ2v) is 7.17. The second kappa shape index (κ2) is 7.20. The van der Waals surface area contributed by atoms with Gasteiger partial charge in [0, 0.05) is 28.6 Å². The first kappa shape index (κ1) is 18.4. The monoisotopic (exact) mass is 394 g/mol. The van der Waals surface area contributed by atoms with Crippen molar-refractivity contribution in [3.63, 3.8) is 0 Å². The molecule has 0 amide bonds. The van der Waals surface area contributed by atoms with E-state index in [0.29, 0.717) is 10.8 Å². The summed E-state index contributed by atoms with van der Waals surface area (Å²) in [6.45, 7) is 3.45. The van der Waals surface area contributed by atoms with Crippen molar-refractivity contribution in [3.05, 3.63) is 70.3 Å². The lowest BCUT2D eigenvalue weighted by Crippen LogP contribution is -2.09. The van der Waals surface area contributed by atoms with E-state index in [9.17, 15) is 4.79 Å². The Morgan fingerprint density at radius 2 is 1.93 bits per heavy atom. The molecule has 0 bridgehead atoms. The van der Waals surface area contributed by atoms with Crippen LogP contribution < -0.4 is 4.74 Å². The number of halogens is 1. The highest BCUT2D eigenvalue weighted by Gasteiger charge is 2.29. The Hall–Kier alpha value is -2.99. The van der Waals surface area contributed by atoms with Crippen LogP contribution in [0.25, 0.3) is 5.69 Å². The molecule has 7 heteroatoms. The van der Waals surface area contributed by atoms with Crippen LogP contribution in [-0.2, 0) is 4.79 Å². The third-order valence-corrected chi connectivity index (χ3v) is 4.98. The molecule has 142 valence electrons. The molecule has 2 aromatic carbocycles.